The molecule has 19 heavy (non-hydrogen) atoms. The summed E-state index contributed by atoms with van der Waals surface area (Å²) in [6.45, 7) is 14.4. The fourth-order valence-corrected chi connectivity index (χ4v) is 5.43. The van der Waals surface area contributed by atoms with Gasteiger partial charge in [-0.05, 0) is 49.4 Å². The van der Waals surface area contributed by atoms with Crippen LogP contribution in [-0.2, 0) is 0 Å². The molecule has 0 radical (unpaired) electrons. The fraction of sp³-hybridized carbons (Fsp3) is 1.00. The highest BCUT2D eigenvalue weighted by atomic mass is 32.2. The first-order valence-corrected chi connectivity index (χ1v) is 9.59. The van der Waals surface area contributed by atoms with Crippen molar-refractivity contribution >= 4 is 11.8 Å². The van der Waals surface area contributed by atoms with Crippen molar-refractivity contribution in [1.29, 1.82) is 0 Å². The maximum atomic E-state index is 2.41. The van der Waals surface area contributed by atoms with Gasteiger partial charge in [-0.25, -0.2) is 0 Å². The van der Waals surface area contributed by atoms with Gasteiger partial charge in [-0.2, -0.15) is 11.8 Å². The normalized spacial score (nSPS) is 27.2. The van der Waals surface area contributed by atoms with Crippen LogP contribution in [0.4, 0.5) is 0 Å². The standard InChI is InChI=1S/C18H36S/c1-7-9-16(12-15(8-2)13(3)4)18-11-10-17(19-18)14(5)6/h13-18H,7-12H2,1-6H3. The number of hydrogen-bond donors (Lipinski definition) is 0. The van der Waals surface area contributed by atoms with Crippen molar-refractivity contribution < 1.29 is 0 Å². The van der Waals surface area contributed by atoms with Crippen molar-refractivity contribution in [3.8, 4) is 0 Å². The zero-order chi connectivity index (χ0) is 14.4. The van der Waals surface area contributed by atoms with Gasteiger partial charge in [0.1, 0.15) is 0 Å². The lowest BCUT2D eigenvalue weighted by Crippen LogP contribution is -2.21. The minimum absolute atomic E-state index is 0.858. The van der Waals surface area contributed by atoms with E-state index in [9.17, 15) is 0 Å². The Morgan fingerprint density at radius 3 is 2.05 bits per heavy atom. The highest BCUT2D eigenvalue weighted by molar-refractivity contribution is 8.00. The fourth-order valence-electron chi connectivity index (χ4n) is 3.65. The lowest BCUT2D eigenvalue weighted by Gasteiger charge is -2.29. The van der Waals surface area contributed by atoms with Gasteiger partial charge in [-0.1, -0.05) is 54.4 Å². The largest absolute Gasteiger partial charge is 0.155 e. The van der Waals surface area contributed by atoms with Gasteiger partial charge in [0, 0.05) is 10.5 Å². The SMILES string of the molecule is CCCC(CC(CC)C(C)C)C1CCC(C(C)C)S1. The van der Waals surface area contributed by atoms with E-state index in [1.807, 2.05) is 0 Å². The minimum atomic E-state index is 0.858. The van der Waals surface area contributed by atoms with E-state index >= 15 is 0 Å². The molecule has 114 valence electrons. The highest BCUT2D eigenvalue weighted by Crippen LogP contribution is 2.44. The van der Waals surface area contributed by atoms with Gasteiger partial charge in [0.25, 0.3) is 0 Å². The molecule has 1 heteroatoms. The molecule has 1 aliphatic heterocycles. The van der Waals surface area contributed by atoms with Crippen LogP contribution in [0.2, 0.25) is 0 Å². The van der Waals surface area contributed by atoms with E-state index in [2.05, 4.69) is 53.3 Å². The van der Waals surface area contributed by atoms with Crippen LogP contribution in [0.3, 0.4) is 0 Å². The van der Waals surface area contributed by atoms with Crippen LogP contribution in [-0.4, -0.2) is 10.5 Å². The van der Waals surface area contributed by atoms with Crippen LogP contribution >= 0.6 is 11.8 Å². The van der Waals surface area contributed by atoms with Crippen molar-refractivity contribution in [2.45, 2.75) is 90.6 Å². The summed E-state index contributed by atoms with van der Waals surface area (Å²) >= 11 is 2.33. The molecule has 1 aliphatic rings. The molecule has 1 heterocycles. The second-order valence-electron chi connectivity index (χ2n) is 7.23. The predicted octanol–water partition coefficient (Wildman–Crippen LogP) is 6.40. The van der Waals surface area contributed by atoms with Gasteiger partial charge >= 0.3 is 0 Å². The lowest BCUT2D eigenvalue weighted by atomic mass is 9.80. The smallest absolute Gasteiger partial charge is 0.00787 e. The lowest BCUT2D eigenvalue weighted by molar-refractivity contribution is 0.271. The molecular formula is C18H36S. The summed E-state index contributed by atoms with van der Waals surface area (Å²) in [6.07, 6.45) is 8.60. The monoisotopic (exact) mass is 284 g/mol. The molecule has 0 aromatic rings. The molecule has 1 fully saturated rings. The number of rotatable bonds is 8. The average Bonchev–Trinajstić information content (AvgIpc) is 2.83. The first kappa shape index (κ1) is 17.4. The molecule has 0 aliphatic carbocycles. The van der Waals surface area contributed by atoms with Crippen LogP contribution in [0.5, 0.6) is 0 Å². The maximum absolute atomic E-state index is 2.41. The Morgan fingerprint density at radius 2 is 1.63 bits per heavy atom. The van der Waals surface area contributed by atoms with E-state index in [0.29, 0.717) is 0 Å². The first-order valence-electron chi connectivity index (χ1n) is 8.64. The van der Waals surface area contributed by atoms with E-state index in [1.54, 1.807) is 0 Å². The van der Waals surface area contributed by atoms with Gasteiger partial charge < -0.3 is 0 Å². The summed E-state index contributed by atoms with van der Waals surface area (Å²) < 4.78 is 0. The van der Waals surface area contributed by atoms with Crippen molar-refractivity contribution in [3.05, 3.63) is 0 Å². The molecule has 0 aromatic carbocycles. The highest BCUT2D eigenvalue weighted by Gasteiger charge is 2.33. The molecule has 0 aromatic heterocycles. The molecule has 4 unspecified atom stereocenters. The van der Waals surface area contributed by atoms with Gasteiger partial charge in [-0.15, -0.1) is 0 Å². The zero-order valence-electron chi connectivity index (χ0n) is 14.1. The molecule has 0 amide bonds. The van der Waals surface area contributed by atoms with E-state index in [0.717, 1.165) is 34.2 Å². The minimum Gasteiger partial charge on any atom is -0.155 e. The van der Waals surface area contributed by atoms with Crippen LogP contribution < -0.4 is 0 Å². The third-order valence-corrected chi connectivity index (χ3v) is 7.19. The van der Waals surface area contributed by atoms with Crippen molar-refractivity contribution in [3.63, 3.8) is 0 Å². The topological polar surface area (TPSA) is 0 Å². The average molecular weight is 285 g/mol. The molecule has 0 spiro atoms. The van der Waals surface area contributed by atoms with Crippen molar-refractivity contribution in [2.75, 3.05) is 0 Å². The van der Waals surface area contributed by atoms with Crippen LogP contribution in [0.15, 0.2) is 0 Å². The number of thioether (sulfide) groups is 1. The molecule has 0 saturated carbocycles. The second kappa shape index (κ2) is 8.60. The Morgan fingerprint density at radius 1 is 1.00 bits per heavy atom. The summed E-state index contributed by atoms with van der Waals surface area (Å²) in [4.78, 5) is 0. The summed E-state index contributed by atoms with van der Waals surface area (Å²) in [5.74, 6) is 3.64. The Labute approximate surface area is 126 Å². The molecule has 4 atom stereocenters. The Kier molecular flexibility index (Phi) is 7.87. The predicted molar refractivity (Wildman–Crippen MR) is 90.9 cm³/mol. The third kappa shape index (κ3) is 5.33. The van der Waals surface area contributed by atoms with Gasteiger partial charge in [0.15, 0.2) is 0 Å². The first-order chi connectivity index (χ1) is 8.99. The molecule has 0 N–H and O–H groups in total. The molecule has 0 bridgehead atoms. The van der Waals surface area contributed by atoms with Crippen LogP contribution in [0.25, 0.3) is 0 Å². The maximum Gasteiger partial charge on any atom is 0.00787 e. The van der Waals surface area contributed by atoms with Gasteiger partial charge in [0.05, 0.1) is 0 Å². The van der Waals surface area contributed by atoms with E-state index in [1.165, 1.54) is 38.5 Å². The van der Waals surface area contributed by atoms with Crippen LogP contribution in [0.1, 0.15) is 80.1 Å². The molecular weight excluding hydrogens is 248 g/mol. The Hall–Kier alpha value is 0.350. The van der Waals surface area contributed by atoms with Crippen LogP contribution in [0, 0.1) is 23.7 Å². The number of hydrogen-bond acceptors (Lipinski definition) is 1. The summed E-state index contributed by atoms with van der Waals surface area (Å²) in [5.41, 5.74) is 0. The third-order valence-electron chi connectivity index (χ3n) is 5.09. The Balaban J connectivity index is 2.57. The van der Waals surface area contributed by atoms with Gasteiger partial charge in [0.2, 0.25) is 0 Å². The second-order valence-corrected chi connectivity index (χ2v) is 8.71. The molecule has 0 nitrogen and oxygen atoms in total. The summed E-state index contributed by atoms with van der Waals surface area (Å²) in [5, 5.41) is 1.89. The van der Waals surface area contributed by atoms with E-state index in [-0.39, 0.29) is 0 Å². The quantitative estimate of drug-likeness (QED) is 0.497. The van der Waals surface area contributed by atoms with E-state index < -0.39 is 0 Å². The summed E-state index contributed by atoms with van der Waals surface area (Å²) in [6, 6.07) is 0. The zero-order valence-corrected chi connectivity index (χ0v) is 14.9. The van der Waals surface area contributed by atoms with Gasteiger partial charge in [-0.3, -0.25) is 0 Å². The van der Waals surface area contributed by atoms with Crippen molar-refractivity contribution in [1.82, 2.24) is 0 Å². The molecule has 1 saturated heterocycles. The Bertz CT molecular complexity index is 234. The van der Waals surface area contributed by atoms with Crippen molar-refractivity contribution in [2.24, 2.45) is 23.7 Å². The van der Waals surface area contributed by atoms with E-state index in [4.69, 9.17) is 0 Å². The summed E-state index contributed by atoms with van der Waals surface area (Å²) in [7, 11) is 0. The molecule has 1 rings (SSSR count).